The van der Waals surface area contributed by atoms with Crippen molar-refractivity contribution in [3.8, 4) is 35.0 Å². The van der Waals surface area contributed by atoms with Crippen molar-refractivity contribution in [2.45, 2.75) is 63.5 Å². The van der Waals surface area contributed by atoms with E-state index in [4.69, 9.17) is 19.4 Å². The summed E-state index contributed by atoms with van der Waals surface area (Å²) in [5, 5.41) is 29.7. The third kappa shape index (κ3) is 8.28. The van der Waals surface area contributed by atoms with Gasteiger partial charge >= 0.3 is 0 Å². The highest BCUT2D eigenvalue weighted by molar-refractivity contribution is 5.70. The maximum Gasteiger partial charge on any atom is 0.174 e. The first-order valence-corrected chi connectivity index (χ1v) is 21.8. The molecule has 2 aliphatic rings. The summed E-state index contributed by atoms with van der Waals surface area (Å²) in [6.45, 7) is 5.44. The molecular weight excluding hydrogens is 825 g/mol. The molecule has 66 heavy (non-hydrogen) atoms. The van der Waals surface area contributed by atoms with Gasteiger partial charge in [-0.05, 0) is 98.2 Å². The lowest BCUT2D eigenvalue weighted by Crippen LogP contribution is -2.34. The van der Waals surface area contributed by atoms with E-state index in [0.717, 1.165) is 95.3 Å². The van der Waals surface area contributed by atoms with Gasteiger partial charge in [0.15, 0.2) is 23.3 Å². The number of aryl methyl sites for hydroxylation is 4. The molecule has 0 unspecified atom stereocenters. The van der Waals surface area contributed by atoms with Gasteiger partial charge in [0.1, 0.15) is 22.3 Å². The number of imidazole rings is 2. The number of benzene rings is 4. The normalized spacial score (nSPS) is 17.6. The Morgan fingerprint density at radius 2 is 1.00 bits per heavy atom. The largest absolute Gasteiger partial charge is 0.495 e. The molecular formula is C52H48N12O2. The number of hydrogen-bond acceptors (Lipinski definition) is 10. The molecule has 14 heteroatoms. The zero-order valence-electron chi connectivity index (χ0n) is 37.3. The van der Waals surface area contributed by atoms with Crippen LogP contribution in [0.4, 0.5) is 0 Å². The van der Waals surface area contributed by atoms with Gasteiger partial charge in [-0.3, -0.25) is 0 Å². The van der Waals surface area contributed by atoms with Gasteiger partial charge in [-0.2, -0.15) is 20.7 Å². The van der Waals surface area contributed by atoms with Gasteiger partial charge in [0, 0.05) is 25.5 Å². The van der Waals surface area contributed by atoms with Crippen LogP contribution in [0, 0.1) is 36.5 Å². The van der Waals surface area contributed by atoms with Crippen LogP contribution >= 0.6 is 0 Å². The van der Waals surface area contributed by atoms with Crippen LogP contribution in [-0.2, 0) is 23.9 Å². The van der Waals surface area contributed by atoms with Gasteiger partial charge in [-0.1, -0.05) is 84.9 Å². The van der Waals surface area contributed by atoms with Crippen LogP contribution in [-0.4, -0.2) is 62.9 Å². The zero-order valence-corrected chi connectivity index (χ0v) is 37.3. The minimum Gasteiger partial charge on any atom is -0.495 e. The molecule has 8 aromatic rings. The molecule has 4 aromatic carbocycles. The highest BCUT2D eigenvalue weighted by atomic mass is 16.5. The molecule has 0 saturated heterocycles. The van der Waals surface area contributed by atoms with Gasteiger partial charge in [-0.25, -0.2) is 29.3 Å². The number of aromatic nitrogens is 10. The lowest BCUT2D eigenvalue weighted by atomic mass is 9.75. The molecule has 14 nitrogen and oxygen atoms in total. The maximum absolute atomic E-state index is 10.2. The van der Waals surface area contributed by atoms with Crippen molar-refractivity contribution in [1.82, 2.24) is 48.6 Å². The van der Waals surface area contributed by atoms with Crippen molar-refractivity contribution in [3.05, 3.63) is 179 Å². The van der Waals surface area contributed by atoms with E-state index in [-0.39, 0.29) is 0 Å². The molecule has 0 saturated carbocycles. The lowest BCUT2D eigenvalue weighted by molar-refractivity contribution is 0.393. The topological polar surface area (TPSA) is 163 Å². The second-order valence-corrected chi connectivity index (χ2v) is 16.4. The van der Waals surface area contributed by atoms with E-state index in [1.165, 1.54) is 0 Å². The number of ether oxygens (including phenoxy) is 2. The molecule has 6 heterocycles. The van der Waals surface area contributed by atoms with E-state index in [9.17, 15) is 10.5 Å². The Balaban J connectivity index is 0.000000166. The number of fused-ring (bicyclic) bond motifs is 2. The summed E-state index contributed by atoms with van der Waals surface area (Å²) in [4.78, 5) is 18.1. The average Bonchev–Trinajstić information content (AvgIpc) is 4.20. The number of nitrogens with zero attached hydrogens (tertiary/aromatic N) is 12. The Labute approximate surface area is 383 Å². The standard InChI is InChI=1S/2C26H24N6O/c2*1-19-16-31(18-28-19)22-11-9-20(15-23(22)33-2)10-12-24-29-25-26(17-27,13-6-14-32(25)30-24)21-7-4-3-5-8-21/h2*3-5,7-12,15-16,18H,6,13-14H2,1-2H3/b2*12-10+/t2*26-/m10/s1. The minimum absolute atomic E-state index is 0.593. The van der Waals surface area contributed by atoms with Crippen LogP contribution in [0.25, 0.3) is 35.7 Å². The van der Waals surface area contributed by atoms with Crippen molar-refractivity contribution in [1.29, 1.82) is 10.5 Å². The Morgan fingerprint density at radius 3 is 1.36 bits per heavy atom. The molecule has 0 N–H and O–H groups in total. The first-order valence-electron chi connectivity index (χ1n) is 21.8. The molecule has 0 bridgehead atoms. The van der Waals surface area contributed by atoms with E-state index in [0.29, 0.717) is 23.3 Å². The van der Waals surface area contributed by atoms with Crippen molar-refractivity contribution in [2.24, 2.45) is 0 Å². The van der Waals surface area contributed by atoms with E-state index in [1.807, 2.05) is 166 Å². The van der Waals surface area contributed by atoms with E-state index >= 15 is 0 Å². The number of hydrogen-bond donors (Lipinski definition) is 0. The quantitative estimate of drug-likeness (QED) is 0.130. The average molecular weight is 873 g/mol. The van der Waals surface area contributed by atoms with E-state index in [1.54, 1.807) is 26.9 Å². The van der Waals surface area contributed by atoms with E-state index < -0.39 is 10.8 Å². The van der Waals surface area contributed by atoms with Crippen LogP contribution in [0.2, 0.25) is 0 Å². The molecule has 4 aromatic heterocycles. The molecule has 0 amide bonds. The zero-order chi connectivity index (χ0) is 45.7. The highest BCUT2D eigenvalue weighted by Gasteiger charge is 2.43. The van der Waals surface area contributed by atoms with Gasteiger partial charge in [-0.15, -0.1) is 0 Å². The first kappa shape index (κ1) is 42.9. The highest BCUT2D eigenvalue weighted by Crippen LogP contribution is 2.40. The predicted molar refractivity (Wildman–Crippen MR) is 252 cm³/mol. The van der Waals surface area contributed by atoms with Crippen LogP contribution in [0.3, 0.4) is 0 Å². The molecule has 2 aliphatic heterocycles. The summed E-state index contributed by atoms with van der Waals surface area (Å²) in [7, 11) is 3.32. The van der Waals surface area contributed by atoms with Crippen LogP contribution in [0.5, 0.6) is 11.5 Å². The molecule has 0 radical (unpaired) electrons. The van der Waals surface area contributed by atoms with Gasteiger partial charge < -0.3 is 18.6 Å². The van der Waals surface area contributed by atoms with Crippen molar-refractivity contribution < 1.29 is 9.47 Å². The Morgan fingerprint density at radius 1 is 0.576 bits per heavy atom. The molecule has 328 valence electrons. The second-order valence-electron chi connectivity index (χ2n) is 16.4. The second kappa shape index (κ2) is 18.4. The third-order valence-electron chi connectivity index (χ3n) is 12.1. The number of nitriles is 2. The summed E-state index contributed by atoms with van der Waals surface area (Å²) in [5.74, 6) is 4.11. The van der Waals surface area contributed by atoms with Gasteiger partial charge in [0.2, 0.25) is 0 Å². The van der Waals surface area contributed by atoms with Crippen LogP contribution in [0.15, 0.2) is 122 Å². The van der Waals surface area contributed by atoms with Crippen LogP contribution < -0.4 is 9.47 Å². The fraction of sp³-hybridized carbons (Fsp3) is 0.231. The Bertz CT molecular complexity index is 2930. The Kier molecular flexibility index (Phi) is 12.0. The van der Waals surface area contributed by atoms with Crippen molar-refractivity contribution in [2.75, 3.05) is 14.2 Å². The van der Waals surface area contributed by atoms with Gasteiger partial charge in [0.05, 0.1) is 61.8 Å². The smallest absolute Gasteiger partial charge is 0.174 e. The molecule has 2 atom stereocenters. The Hall–Kier alpha value is -8.36. The van der Waals surface area contributed by atoms with Crippen LogP contribution in [0.1, 0.15) is 82.6 Å². The summed E-state index contributed by atoms with van der Waals surface area (Å²) < 4.78 is 18.9. The van der Waals surface area contributed by atoms with Crippen molar-refractivity contribution >= 4 is 24.3 Å². The fourth-order valence-electron chi connectivity index (χ4n) is 8.82. The number of rotatable bonds is 10. The summed E-state index contributed by atoms with van der Waals surface area (Å²) in [6.07, 6.45) is 18.4. The summed E-state index contributed by atoms with van der Waals surface area (Å²) in [6, 6.07) is 36.9. The summed E-state index contributed by atoms with van der Waals surface area (Å²) in [5.41, 5.74) is 6.06. The summed E-state index contributed by atoms with van der Waals surface area (Å²) >= 11 is 0. The fourth-order valence-corrected chi connectivity index (χ4v) is 8.82. The third-order valence-corrected chi connectivity index (χ3v) is 12.1. The first-order chi connectivity index (χ1) is 32.2. The SMILES string of the molecule is COc1cc(/C=C/c2nc3n(n2)CCC[C@@]3(C#N)c2ccccc2)ccc1-n1cnc(C)c1.COc1cc(/C=C/c2nc3n(n2)CCC[C@]3(C#N)c2ccccc2)ccc1-n1cnc(C)c1. The lowest BCUT2D eigenvalue weighted by Gasteiger charge is -2.30. The molecule has 10 rings (SSSR count). The molecule has 0 fully saturated rings. The number of methoxy groups -OCH3 is 2. The minimum atomic E-state index is -0.771. The predicted octanol–water partition coefficient (Wildman–Crippen LogP) is 9.11. The van der Waals surface area contributed by atoms with Gasteiger partial charge in [0.25, 0.3) is 0 Å². The maximum atomic E-state index is 10.2. The molecule has 0 aliphatic carbocycles. The monoisotopic (exact) mass is 872 g/mol. The molecule has 0 spiro atoms. The van der Waals surface area contributed by atoms with E-state index in [2.05, 4.69) is 32.3 Å². The van der Waals surface area contributed by atoms with Crippen molar-refractivity contribution in [3.63, 3.8) is 0 Å².